The van der Waals surface area contributed by atoms with Crippen LogP contribution in [0.3, 0.4) is 0 Å². The number of halogens is 1. The number of hydrogen-bond donors (Lipinski definition) is 0. The summed E-state index contributed by atoms with van der Waals surface area (Å²) in [4.78, 5) is 0. The van der Waals surface area contributed by atoms with Gasteiger partial charge in [-0.15, -0.1) is 0 Å². The largest absolute Gasteiger partial charge is 0.193 e. The second-order valence-electron chi connectivity index (χ2n) is 11.0. The van der Waals surface area contributed by atoms with Crippen molar-refractivity contribution >= 4 is 23.6 Å². The van der Waals surface area contributed by atoms with Crippen molar-refractivity contribution in [3.63, 3.8) is 0 Å². The quantitative estimate of drug-likeness (QED) is 0.335. The standard InChI is InChI=1S/C26H43ClSi/c1-18(2)23-14-12-20(5)16-25(23)28(27,22-10-8-7-9-11-22)26-17-21(6)13-15-24(26)19(3)4/h7-11,18-21,23-26H,12-17H2,1-6H3. The molecule has 0 bridgehead atoms. The van der Waals surface area contributed by atoms with Crippen LogP contribution in [0.2, 0.25) is 11.1 Å². The Morgan fingerprint density at radius 2 is 1.18 bits per heavy atom. The van der Waals surface area contributed by atoms with Crippen LogP contribution < -0.4 is 5.19 Å². The van der Waals surface area contributed by atoms with Crippen LogP contribution in [0, 0.1) is 35.5 Å². The molecular formula is C26H43ClSi. The topological polar surface area (TPSA) is 0 Å². The van der Waals surface area contributed by atoms with E-state index in [1.165, 1.54) is 43.7 Å². The molecule has 0 radical (unpaired) electrons. The van der Waals surface area contributed by atoms with Crippen LogP contribution >= 0.6 is 11.1 Å². The smallest absolute Gasteiger partial charge is 0.160 e. The summed E-state index contributed by atoms with van der Waals surface area (Å²) in [6.45, 7) is 14.8. The van der Waals surface area contributed by atoms with Crippen molar-refractivity contribution in [2.75, 3.05) is 0 Å². The maximum absolute atomic E-state index is 8.17. The first-order chi connectivity index (χ1) is 13.2. The van der Waals surface area contributed by atoms with Crippen LogP contribution in [0.1, 0.15) is 80.1 Å². The van der Waals surface area contributed by atoms with Crippen LogP contribution in [0.5, 0.6) is 0 Å². The molecule has 0 N–H and O–H groups in total. The molecule has 0 aromatic heterocycles. The molecule has 1 aromatic carbocycles. The molecule has 158 valence electrons. The van der Waals surface area contributed by atoms with Gasteiger partial charge >= 0.3 is 0 Å². The van der Waals surface area contributed by atoms with Gasteiger partial charge in [-0.1, -0.05) is 84.7 Å². The maximum Gasteiger partial charge on any atom is 0.193 e. The zero-order valence-electron chi connectivity index (χ0n) is 19.1. The van der Waals surface area contributed by atoms with E-state index in [1.807, 2.05) is 0 Å². The molecule has 0 spiro atoms. The zero-order chi connectivity index (χ0) is 20.5. The van der Waals surface area contributed by atoms with Gasteiger partial charge in [-0.3, -0.25) is 0 Å². The highest BCUT2D eigenvalue weighted by molar-refractivity contribution is 7.29. The average molecular weight is 419 g/mol. The first kappa shape index (κ1) is 22.4. The minimum absolute atomic E-state index is 0.719. The summed E-state index contributed by atoms with van der Waals surface area (Å²) in [5, 5.41) is 1.53. The van der Waals surface area contributed by atoms with Gasteiger partial charge in [-0.25, -0.2) is 0 Å². The lowest BCUT2D eigenvalue weighted by Gasteiger charge is -2.53. The highest BCUT2D eigenvalue weighted by Gasteiger charge is 2.55. The molecule has 0 heterocycles. The van der Waals surface area contributed by atoms with Gasteiger partial charge in [0.1, 0.15) is 0 Å². The van der Waals surface area contributed by atoms with E-state index < -0.39 is 7.38 Å². The van der Waals surface area contributed by atoms with E-state index in [9.17, 15) is 0 Å². The maximum atomic E-state index is 8.17. The molecule has 1 aromatic rings. The molecule has 6 unspecified atom stereocenters. The second kappa shape index (κ2) is 9.25. The van der Waals surface area contributed by atoms with Crippen molar-refractivity contribution in [1.82, 2.24) is 0 Å². The summed E-state index contributed by atoms with van der Waals surface area (Å²) in [5.41, 5.74) is 1.44. The van der Waals surface area contributed by atoms with Crippen molar-refractivity contribution in [1.29, 1.82) is 0 Å². The summed E-state index contributed by atoms with van der Waals surface area (Å²) in [5.74, 6) is 4.73. The van der Waals surface area contributed by atoms with Gasteiger partial charge < -0.3 is 0 Å². The SMILES string of the molecule is CC1CCC(C(C)C)C([Si](Cl)(c2ccccc2)C2CC(C)CCC2C(C)C)C1. The lowest BCUT2D eigenvalue weighted by atomic mass is 9.76. The fourth-order valence-electron chi connectivity index (χ4n) is 6.77. The molecule has 3 rings (SSSR count). The van der Waals surface area contributed by atoms with Crippen molar-refractivity contribution in [2.24, 2.45) is 35.5 Å². The van der Waals surface area contributed by atoms with Crippen LogP contribution in [-0.4, -0.2) is 7.38 Å². The number of rotatable bonds is 5. The van der Waals surface area contributed by atoms with E-state index in [4.69, 9.17) is 11.1 Å². The molecule has 0 nitrogen and oxygen atoms in total. The Kier molecular flexibility index (Phi) is 7.41. The van der Waals surface area contributed by atoms with Crippen LogP contribution in [0.15, 0.2) is 30.3 Å². The van der Waals surface area contributed by atoms with E-state index in [2.05, 4.69) is 71.9 Å². The third-order valence-corrected chi connectivity index (χ3v) is 15.4. The van der Waals surface area contributed by atoms with Gasteiger partial charge in [-0.05, 0) is 77.5 Å². The molecule has 0 aliphatic heterocycles. The first-order valence-corrected chi connectivity index (χ1v) is 15.2. The molecule has 6 atom stereocenters. The molecule has 2 aliphatic carbocycles. The van der Waals surface area contributed by atoms with Gasteiger partial charge in [0.05, 0.1) is 0 Å². The van der Waals surface area contributed by atoms with Crippen molar-refractivity contribution in [2.45, 2.75) is 91.1 Å². The highest BCUT2D eigenvalue weighted by atomic mass is 35.6. The lowest BCUT2D eigenvalue weighted by Crippen LogP contribution is -2.57. The van der Waals surface area contributed by atoms with E-state index >= 15 is 0 Å². The van der Waals surface area contributed by atoms with Gasteiger partial charge in [-0.2, -0.15) is 11.1 Å². The number of hydrogen-bond acceptors (Lipinski definition) is 0. The fourth-order valence-corrected chi connectivity index (χ4v) is 14.6. The van der Waals surface area contributed by atoms with Gasteiger partial charge in [0.25, 0.3) is 0 Å². The fraction of sp³-hybridized carbons (Fsp3) is 0.769. The second-order valence-corrected chi connectivity index (χ2v) is 16.5. The zero-order valence-corrected chi connectivity index (χ0v) is 20.9. The Balaban J connectivity index is 2.11. The normalized spacial score (nSPS) is 36.5. The number of benzene rings is 1. The third kappa shape index (κ3) is 4.41. The van der Waals surface area contributed by atoms with Gasteiger partial charge in [0, 0.05) is 0 Å². The molecule has 0 amide bonds. The monoisotopic (exact) mass is 418 g/mol. The summed E-state index contributed by atoms with van der Waals surface area (Å²) in [6.07, 6.45) is 8.25. The molecule has 2 saturated carbocycles. The van der Waals surface area contributed by atoms with E-state index in [0.29, 0.717) is 0 Å². The molecular weight excluding hydrogens is 376 g/mol. The van der Waals surface area contributed by atoms with Gasteiger partial charge in [0.2, 0.25) is 0 Å². The molecule has 28 heavy (non-hydrogen) atoms. The van der Waals surface area contributed by atoms with Gasteiger partial charge in [0.15, 0.2) is 7.38 Å². The molecule has 0 saturated heterocycles. The van der Waals surface area contributed by atoms with Crippen LogP contribution in [0.25, 0.3) is 0 Å². The Hall–Kier alpha value is -0.273. The highest BCUT2D eigenvalue weighted by Crippen LogP contribution is 2.58. The first-order valence-electron chi connectivity index (χ1n) is 12.0. The molecule has 2 fully saturated rings. The minimum Gasteiger partial charge on any atom is -0.160 e. The van der Waals surface area contributed by atoms with Crippen molar-refractivity contribution in [3.05, 3.63) is 30.3 Å². The van der Waals surface area contributed by atoms with Crippen LogP contribution in [-0.2, 0) is 0 Å². The predicted molar refractivity (Wildman–Crippen MR) is 128 cm³/mol. The molecule has 2 heteroatoms. The Labute approximate surface area is 180 Å². The Bertz CT molecular complexity index is 578. The van der Waals surface area contributed by atoms with E-state index in [1.54, 1.807) is 0 Å². The average Bonchev–Trinajstić information content (AvgIpc) is 2.67. The summed E-state index contributed by atoms with van der Waals surface area (Å²) < 4.78 is 0. The van der Waals surface area contributed by atoms with E-state index in [-0.39, 0.29) is 0 Å². The van der Waals surface area contributed by atoms with Crippen molar-refractivity contribution < 1.29 is 0 Å². The minimum atomic E-state index is -2.19. The molecule has 2 aliphatic rings. The Morgan fingerprint density at radius 1 is 0.750 bits per heavy atom. The Morgan fingerprint density at radius 3 is 1.57 bits per heavy atom. The summed E-state index contributed by atoms with van der Waals surface area (Å²) in [7, 11) is -2.19. The lowest BCUT2D eigenvalue weighted by molar-refractivity contribution is 0.207. The predicted octanol–water partition coefficient (Wildman–Crippen LogP) is 8.00. The van der Waals surface area contributed by atoms with Crippen LogP contribution in [0.4, 0.5) is 0 Å². The summed E-state index contributed by atoms with van der Waals surface area (Å²) in [6, 6.07) is 11.4. The van der Waals surface area contributed by atoms with Crippen molar-refractivity contribution in [3.8, 4) is 0 Å². The summed E-state index contributed by atoms with van der Waals surface area (Å²) >= 11 is 8.17. The third-order valence-electron chi connectivity index (χ3n) is 8.34. The van der Waals surface area contributed by atoms with E-state index in [0.717, 1.165) is 46.6 Å².